The summed E-state index contributed by atoms with van der Waals surface area (Å²) in [4.78, 5) is 12.9. The maximum absolute atomic E-state index is 10.9. The number of fused-ring (bicyclic) bond motifs is 1. The summed E-state index contributed by atoms with van der Waals surface area (Å²) in [6.45, 7) is 2.48. The van der Waals surface area contributed by atoms with Gasteiger partial charge in [-0.05, 0) is 43.1 Å². The highest BCUT2D eigenvalue weighted by Gasteiger charge is 2.22. The Labute approximate surface area is 162 Å². The Bertz CT molecular complexity index is 930. The molecule has 1 aromatic heterocycles. The van der Waals surface area contributed by atoms with Crippen molar-refractivity contribution in [2.24, 2.45) is 0 Å². The number of halogens is 1. The standard InChI is InChI=1S/C19H20N4O3.ClH/c24-23(25)16-4-1-3-14(9-16)12-22-8-2-5-18(13-22)26-17-6-7-19-15(10-17)11-20-21-19;/h1,3-4,6-7,9-11,18H,2,5,8,12-13H2,(H,20,21);1H. The van der Waals surface area contributed by atoms with E-state index in [0.29, 0.717) is 6.54 Å². The van der Waals surface area contributed by atoms with Gasteiger partial charge in [-0.2, -0.15) is 5.10 Å². The van der Waals surface area contributed by atoms with Crippen LogP contribution in [0.2, 0.25) is 0 Å². The first-order valence-electron chi connectivity index (χ1n) is 8.73. The Balaban J connectivity index is 0.00000210. The van der Waals surface area contributed by atoms with Crippen LogP contribution in [0, 0.1) is 10.1 Å². The summed E-state index contributed by atoms with van der Waals surface area (Å²) in [5, 5.41) is 18.9. The molecule has 7 nitrogen and oxygen atoms in total. The summed E-state index contributed by atoms with van der Waals surface area (Å²) in [7, 11) is 0. The number of non-ortho nitro benzene ring substituents is 1. The van der Waals surface area contributed by atoms with Crippen molar-refractivity contribution in [3.05, 3.63) is 64.3 Å². The molecule has 0 radical (unpaired) electrons. The summed E-state index contributed by atoms with van der Waals surface area (Å²) < 4.78 is 6.17. The highest BCUT2D eigenvalue weighted by molar-refractivity contribution is 5.85. The van der Waals surface area contributed by atoms with Crippen molar-refractivity contribution < 1.29 is 9.66 Å². The van der Waals surface area contributed by atoms with Crippen LogP contribution in [0.1, 0.15) is 18.4 Å². The van der Waals surface area contributed by atoms with Crippen molar-refractivity contribution in [2.75, 3.05) is 13.1 Å². The first kappa shape index (κ1) is 19.1. The van der Waals surface area contributed by atoms with E-state index >= 15 is 0 Å². The van der Waals surface area contributed by atoms with Crippen molar-refractivity contribution in [1.82, 2.24) is 15.1 Å². The number of rotatable bonds is 5. The van der Waals surface area contributed by atoms with Gasteiger partial charge in [-0.15, -0.1) is 12.4 Å². The molecule has 0 amide bonds. The normalized spacial score (nSPS) is 17.4. The minimum Gasteiger partial charge on any atom is -0.489 e. The van der Waals surface area contributed by atoms with Crippen molar-refractivity contribution in [1.29, 1.82) is 0 Å². The zero-order chi connectivity index (χ0) is 17.9. The van der Waals surface area contributed by atoms with Gasteiger partial charge in [0.1, 0.15) is 11.9 Å². The number of H-pyrrole nitrogens is 1. The number of benzene rings is 2. The fraction of sp³-hybridized carbons (Fsp3) is 0.316. The van der Waals surface area contributed by atoms with Gasteiger partial charge in [0.05, 0.1) is 16.6 Å². The minimum absolute atomic E-state index is 0. The van der Waals surface area contributed by atoms with E-state index in [2.05, 4.69) is 15.1 Å². The zero-order valence-electron chi connectivity index (χ0n) is 14.7. The fourth-order valence-electron chi connectivity index (χ4n) is 3.47. The lowest BCUT2D eigenvalue weighted by atomic mass is 10.1. The summed E-state index contributed by atoms with van der Waals surface area (Å²) in [5.41, 5.74) is 2.09. The number of ether oxygens (including phenoxy) is 1. The van der Waals surface area contributed by atoms with Gasteiger partial charge in [0.15, 0.2) is 0 Å². The largest absolute Gasteiger partial charge is 0.489 e. The van der Waals surface area contributed by atoms with Gasteiger partial charge < -0.3 is 4.74 Å². The number of likely N-dealkylation sites (tertiary alicyclic amines) is 1. The fourth-order valence-corrected chi connectivity index (χ4v) is 3.47. The third kappa shape index (κ3) is 4.56. The van der Waals surface area contributed by atoms with E-state index in [4.69, 9.17) is 4.74 Å². The van der Waals surface area contributed by atoms with Crippen molar-refractivity contribution in [2.45, 2.75) is 25.5 Å². The molecule has 1 N–H and O–H groups in total. The molecule has 2 aromatic carbocycles. The number of nitrogens with one attached hydrogen (secondary N) is 1. The molecule has 0 spiro atoms. The molecule has 0 saturated carbocycles. The highest BCUT2D eigenvalue weighted by Crippen LogP contribution is 2.23. The Morgan fingerprint density at radius 1 is 1.30 bits per heavy atom. The molecule has 4 rings (SSSR count). The first-order chi connectivity index (χ1) is 12.7. The molecule has 0 aliphatic carbocycles. The molecule has 8 heteroatoms. The van der Waals surface area contributed by atoms with Crippen LogP contribution < -0.4 is 4.74 Å². The molecule has 1 aliphatic heterocycles. The van der Waals surface area contributed by atoms with E-state index in [9.17, 15) is 10.1 Å². The van der Waals surface area contributed by atoms with E-state index in [1.165, 1.54) is 6.07 Å². The Morgan fingerprint density at radius 3 is 3.04 bits per heavy atom. The van der Waals surface area contributed by atoms with Gasteiger partial charge in [-0.25, -0.2) is 0 Å². The summed E-state index contributed by atoms with van der Waals surface area (Å²) >= 11 is 0. The molecular formula is C19H21ClN4O3. The van der Waals surface area contributed by atoms with Gasteiger partial charge in [-0.1, -0.05) is 12.1 Å². The summed E-state index contributed by atoms with van der Waals surface area (Å²) in [5.74, 6) is 0.848. The molecule has 0 bridgehead atoms. The molecule has 1 aliphatic rings. The number of hydrogen-bond acceptors (Lipinski definition) is 5. The number of aromatic nitrogens is 2. The lowest BCUT2D eigenvalue weighted by molar-refractivity contribution is -0.384. The van der Waals surface area contributed by atoms with E-state index in [-0.39, 0.29) is 29.1 Å². The second-order valence-electron chi connectivity index (χ2n) is 6.66. The van der Waals surface area contributed by atoms with Crippen LogP contribution in [0.3, 0.4) is 0 Å². The second-order valence-corrected chi connectivity index (χ2v) is 6.66. The van der Waals surface area contributed by atoms with Crippen LogP contribution in [-0.4, -0.2) is 39.2 Å². The van der Waals surface area contributed by atoms with Crippen molar-refractivity contribution in [3.63, 3.8) is 0 Å². The number of piperidine rings is 1. The van der Waals surface area contributed by atoms with Crippen LogP contribution in [0.25, 0.3) is 10.9 Å². The predicted octanol–water partition coefficient (Wildman–Crippen LogP) is 3.94. The van der Waals surface area contributed by atoms with Gasteiger partial charge >= 0.3 is 0 Å². The number of hydrogen-bond donors (Lipinski definition) is 1. The van der Waals surface area contributed by atoms with E-state index in [1.54, 1.807) is 18.3 Å². The van der Waals surface area contributed by atoms with Crippen LogP contribution in [0.5, 0.6) is 5.75 Å². The third-order valence-electron chi connectivity index (χ3n) is 4.70. The molecule has 1 fully saturated rings. The summed E-state index contributed by atoms with van der Waals surface area (Å²) in [6.07, 6.45) is 3.96. The Morgan fingerprint density at radius 2 is 2.19 bits per heavy atom. The monoisotopic (exact) mass is 388 g/mol. The number of nitro groups is 1. The van der Waals surface area contributed by atoms with Gasteiger partial charge in [0.25, 0.3) is 5.69 Å². The van der Waals surface area contributed by atoms with Crippen LogP contribution >= 0.6 is 12.4 Å². The Hall–Kier alpha value is -2.64. The number of nitrogens with zero attached hydrogens (tertiary/aromatic N) is 3. The molecule has 142 valence electrons. The van der Waals surface area contributed by atoms with E-state index in [0.717, 1.165) is 48.1 Å². The number of aromatic amines is 1. The van der Waals surface area contributed by atoms with Crippen LogP contribution in [0.15, 0.2) is 48.7 Å². The van der Waals surface area contributed by atoms with E-state index < -0.39 is 0 Å². The lowest BCUT2D eigenvalue weighted by Gasteiger charge is -2.32. The topological polar surface area (TPSA) is 84.3 Å². The highest BCUT2D eigenvalue weighted by atomic mass is 35.5. The molecule has 1 unspecified atom stereocenters. The second kappa shape index (κ2) is 8.37. The minimum atomic E-state index is -0.350. The van der Waals surface area contributed by atoms with Crippen LogP contribution in [0.4, 0.5) is 5.69 Å². The zero-order valence-corrected chi connectivity index (χ0v) is 15.5. The molecule has 1 saturated heterocycles. The number of nitro benzene ring substituents is 1. The average molecular weight is 389 g/mol. The molecular weight excluding hydrogens is 368 g/mol. The smallest absolute Gasteiger partial charge is 0.269 e. The molecule has 1 atom stereocenters. The maximum atomic E-state index is 10.9. The lowest BCUT2D eigenvalue weighted by Crippen LogP contribution is -2.40. The quantitative estimate of drug-likeness (QED) is 0.528. The van der Waals surface area contributed by atoms with Crippen molar-refractivity contribution in [3.8, 4) is 5.75 Å². The average Bonchev–Trinajstić information content (AvgIpc) is 3.10. The maximum Gasteiger partial charge on any atom is 0.269 e. The van der Waals surface area contributed by atoms with Gasteiger partial charge in [0.2, 0.25) is 0 Å². The van der Waals surface area contributed by atoms with Crippen LogP contribution in [-0.2, 0) is 6.54 Å². The molecule has 3 aromatic rings. The Kier molecular flexibility index (Phi) is 5.93. The van der Waals surface area contributed by atoms with Gasteiger partial charge in [0, 0.05) is 30.6 Å². The van der Waals surface area contributed by atoms with Gasteiger partial charge in [-0.3, -0.25) is 20.1 Å². The van der Waals surface area contributed by atoms with E-state index in [1.807, 2.05) is 24.3 Å². The summed E-state index contributed by atoms with van der Waals surface area (Å²) in [6, 6.07) is 12.8. The molecule has 2 heterocycles. The SMILES string of the molecule is Cl.O=[N+]([O-])c1cccc(CN2CCCC(Oc3ccc4[nH]ncc4c3)C2)c1. The third-order valence-corrected chi connectivity index (χ3v) is 4.70. The first-order valence-corrected chi connectivity index (χ1v) is 8.73. The van der Waals surface area contributed by atoms with Crippen molar-refractivity contribution >= 4 is 29.0 Å². The predicted molar refractivity (Wildman–Crippen MR) is 105 cm³/mol. The molecule has 27 heavy (non-hydrogen) atoms.